The Bertz CT molecular complexity index is 708. The number of nitrogens with two attached hydrogens (primary N) is 2. The van der Waals surface area contributed by atoms with Crippen molar-refractivity contribution < 1.29 is 34.2 Å². The van der Waals surface area contributed by atoms with E-state index in [1.807, 2.05) is 6.26 Å². The Hall–Kier alpha value is -2.38. The normalized spacial score (nSPS) is 18.3. The van der Waals surface area contributed by atoms with Gasteiger partial charge in [0.15, 0.2) is 0 Å². The molecule has 4 unspecified atom stereocenters. The Morgan fingerprint density at radius 1 is 1.06 bits per heavy atom. The molecule has 0 aromatic carbocycles. The second-order valence-corrected chi connectivity index (χ2v) is 8.91. The SMILES string of the molecule is CSCCC(NC(=O)C(CCCCN)NC(=O)C(N)CC(=O)O)C(=O)N1CCCC1C(=O)O. The number of carbonyl (C=O) groups is 5. The Kier molecular flexibility index (Phi) is 12.8. The molecule has 8 N–H and O–H groups in total. The molecule has 0 aromatic rings. The highest BCUT2D eigenvalue weighted by Gasteiger charge is 2.38. The van der Waals surface area contributed by atoms with E-state index >= 15 is 0 Å². The summed E-state index contributed by atoms with van der Waals surface area (Å²) in [6.45, 7) is 0.684. The molecule has 33 heavy (non-hydrogen) atoms. The van der Waals surface area contributed by atoms with E-state index in [9.17, 15) is 29.1 Å². The van der Waals surface area contributed by atoms with Crippen LogP contribution in [0.4, 0.5) is 0 Å². The fourth-order valence-corrected chi connectivity index (χ4v) is 4.05. The van der Waals surface area contributed by atoms with Crippen LogP contribution < -0.4 is 22.1 Å². The molecule has 0 spiro atoms. The Morgan fingerprint density at radius 2 is 1.73 bits per heavy atom. The number of nitrogens with one attached hydrogen (secondary N) is 2. The van der Waals surface area contributed by atoms with Crippen molar-refractivity contribution >= 4 is 41.4 Å². The van der Waals surface area contributed by atoms with Crippen molar-refractivity contribution in [3.63, 3.8) is 0 Å². The van der Waals surface area contributed by atoms with Crippen molar-refractivity contribution in [1.82, 2.24) is 15.5 Å². The van der Waals surface area contributed by atoms with Crippen LogP contribution >= 0.6 is 11.8 Å². The van der Waals surface area contributed by atoms with Crippen LogP contribution in [0.25, 0.3) is 0 Å². The molecule has 0 aliphatic carbocycles. The second-order valence-electron chi connectivity index (χ2n) is 7.92. The van der Waals surface area contributed by atoms with E-state index in [4.69, 9.17) is 16.6 Å². The topological polar surface area (TPSA) is 205 Å². The lowest BCUT2D eigenvalue weighted by Gasteiger charge is -2.29. The van der Waals surface area contributed by atoms with Crippen molar-refractivity contribution in [2.24, 2.45) is 11.5 Å². The zero-order valence-electron chi connectivity index (χ0n) is 18.8. The highest BCUT2D eigenvalue weighted by Crippen LogP contribution is 2.20. The molecule has 1 aliphatic heterocycles. The van der Waals surface area contributed by atoms with Crippen LogP contribution in [0.15, 0.2) is 0 Å². The first-order valence-electron chi connectivity index (χ1n) is 10.9. The third-order valence-electron chi connectivity index (χ3n) is 5.36. The highest BCUT2D eigenvalue weighted by molar-refractivity contribution is 7.98. The van der Waals surface area contributed by atoms with Crippen molar-refractivity contribution in [3.05, 3.63) is 0 Å². The number of carboxylic acids is 2. The predicted molar refractivity (Wildman–Crippen MR) is 122 cm³/mol. The molecule has 1 saturated heterocycles. The zero-order valence-corrected chi connectivity index (χ0v) is 19.6. The van der Waals surface area contributed by atoms with Gasteiger partial charge in [-0.3, -0.25) is 19.2 Å². The number of rotatable bonds is 15. The lowest BCUT2D eigenvalue weighted by molar-refractivity contribution is -0.149. The molecule has 0 aromatic heterocycles. The molecule has 1 heterocycles. The van der Waals surface area contributed by atoms with Gasteiger partial charge in [0.1, 0.15) is 18.1 Å². The van der Waals surface area contributed by atoms with Gasteiger partial charge < -0.3 is 37.2 Å². The van der Waals surface area contributed by atoms with Crippen molar-refractivity contribution in [2.75, 3.05) is 25.1 Å². The van der Waals surface area contributed by atoms with Gasteiger partial charge in [0.2, 0.25) is 17.7 Å². The number of likely N-dealkylation sites (tertiary alicyclic amines) is 1. The number of hydrogen-bond donors (Lipinski definition) is 6. The number of unbranched alkanes of at least 4 members (excludes halogenated alkanes) is 1. The summed E-state index contributed by atoms with van der Waals surface area (Å²) in [5.74, 6) is -3.66. The first kappa shape index (κ1) is 28.7. The summed E-state index contributed by atoms with van der Waals surface area (Å²) in [6.07, 6.45) is 3.79. The van der Waals surface area contributed by atoms with Gasteiger partial charge in [0.25, 0.3) is 0 Å². The number of amides is 3. The van der Waals surface area contributed by atoms with Gasteiger partial charge in [-0.25, -0.2) is 4.79 Å². The summed E-state index contributed by atoms with van der Waals surface area (Å²) in [7, 11) is 0. The van der Waals surface area contributed by atoms with Crippen LogP contribution in [0.5, 0.6) is 0 Å². The summed E-state index contributed by atoms with van der Waals surface area (Å²) in [4.78, 5) is 62.0. The van der Waals surface area contributed by atoms with E-state index in [0.717, 1.165) is 0 Å². The van der Waals surface area contributed by atoms with Gasteiger partial charge in [-0.1, -0.05) is 0 Å². The molecule has 1 aliphatic rings. The molecule has 0 saturated carbocycles. The van der Waals surface area contributed by atoms with Crippen LogP contribution in [0.1, 0.15) is 44.9 Å². The van der Waals surface area contributed by atoms with Crippen LogP contribution in [0.2, 0.25) is 0 Å². The maximum atomic E-state index is 13.1. The molecule has 1 rings (SSSR count). The van der Waals surface area contributed by atoms with E-state index in [1.54, 1.807) is 0 Å². The fourth-order valence-electron chi connectivity index (χ4n) is 3.57. The number of carboxylic acid groups (broad SMARTS) is 2. The molecule has 13 heteroatoms. The molecular formula is C20H35N5O7S. The molecule has 3 amide bonds. The maximum Gasteiger partial charge on any atom is 0.326 e. The standard InChI is InChI=1S/C20H35N5O7S/c1-33-10-7-14(19(30)25-9-4-6-15(25)20(31)32)24-18(29)13(5-2-3-8-21)23-17(28)12(22)11-16(26)27/h12-15H,2-11,21-22H2,1H3,(H,23,28)(H,24,29)(H,26,27)(H,31,32). The zero-order chi connectivity index (χ0) is 25.0. The smallest absolute Gasteiger partial charge is 0.326 e. The van der Waals surface area contributed by atoms with Crippen LogP contribution in [-0.4, -0.2) is 94.0 Å². The van der Waals surface area contributed by atoms with E-state index in [1.165, 1.54) is 16.7 Å². The minimum absolute atomic E-state index is 0.222. The molecule has 0 radical (unpaired) electrons. The van der Waals surface area contributed by atoms with Gasteiger partial charge in [0, 0.05) is 6.54 Å². The van der Waals surface area contributed by atoms with Crippen molar-refractivity contribution in [2.45, 2.75) is 69.1 Å². The lowest BCUT2D eigenvalue weighted by atomic mass is 10.1. The maximum absolute atomic E-state index is 13.1. The summed E-state index contributed by atoms with van der Waals surface area (Å²) < 4.78 is 0. The number of nitrogens with zero attached hydrogens (tertiary/aromatic N) is 1. The molecule has 188 valence electrons. The van der Waals surface area contributed by atoms with Crippen molar-refractivity contribution in [1.29, 1.82) is 0 Å². The Labute approximate surface area is 197 Å². The molecule has 0 bridgehead atoms. The van der Waals surface area contributed by atoms with Gasteiger partial charge in [0.05, 0.1) is 12.5 Å². The summed E-state index contributed by atoms with van der Waals surface area (Å²) in [5, 5.41) is 23.4. The summed E-state index contributed by atoms with van der Waals surface area (Å²) >= 11 is 1.48. The first-order chi connectivity index (χ1) is 15.6. The lowest BCUT2D eigenvalue weighted by Crippen LogP contribution is -2.57. The number of hydrogen-bond acceptors (Lipinski definition) is 8. The molecule has 1 fully saturated rings. The molecular weight excluding hydrogens is 454 g/mol. The largest absolute Gasteiger partial charge is 0.481 e. The quantitative estimate of drug-likeness (QED) is 0.150. The van der Waals surface area contributed by atoms with Crippen LogP contribution in [-0.2, 0) is 24.0 Å². The number of aliphatic carboxylic acids is 2. The van der Waals surface area contributed by atoms with E-state index < -0.39 is 60.2 Å². The average Bonchev–Trinajstić information content (AvgIpc) is 3.25. The second kappa shape index (κ2) is 14.7. The first-order valence-corrected chi connectivity index (χ1v) is 12.3. The molecule has 4 atom stereocenters. The Morgan fingerprint density at radius 3 is 2.30 bits per heavy atom. The van der Waals surface area contributed by atoms with Gasteiger partial charge in [-0.2, -0.15) is 11.8 Å². The third kappa shape index (κ3) is 9.56. The van der Waals surface area contributed by atoms with Crippen LogP contribution in [0.3, 0.4) is 0 Å². The van der Waals surface area contributed by atoms with Gasteiger partial charge >= 0.3 is 11.9 Å². The monoisotopic (exact) mass is 489 g/mol. The highest BCUT2D eigenvalue weighted by atomic mass is 32.2. The molecule has 12 nitrogen and oxygen atoms in total. The minimum Gasteiger partial charge on any atom is -0.481 e. The number of thioether (sulfide) groups is 1. The van der Waals surface area contributed by atoms with E-state index in [2.05, 4.69) is 10.6 Å². The van der Waals surface area contributed by atoms with Crippen LogP contribution in [0, 0.1) is 0 Å². The van der Waals surface area contributed by atoms with Crippen molar-refractivity contribution in [3.8, 4) is 0 Å². The van der Waals surface area contributed by atoms with Gasteiger partial charge in [-0.05, 0) is 57.1 Å². The van der Waals surface area contributed by atoms with E-state index in [0.29, 0.717) is 44.5 Å². The predicted octanol–water partition coefficient (Wildman–Crippen LogP) is -1.28. The summed E-state index contributed by atoms with van der Waals surface area (Å²) in [5.41, 5.74) is 11.1. The third-order valence-corrected chi connectivity index (χ3v) is 6.00. The average molecular weight is 490 g/mol. The van der Waals surface area contributed by atoms with E-state index in [-0.39, 0.29) is 12.8 Å². The minimum atomic E-state index is -1.33. The fraction of sp³-hybridized carbons (Fsp3) is 0.750. The Balaban J connectivity index is 2.96. The summed E-state index contributed by atoms with van der Waals surface area (Å²) in [6, 6.07) is -4.25. The number of carbonyl (C=O) groups excluding carboxylic acids is 3. The van der Waals surface area contributed by atoms with Gasteiger partial charge in [-0.15, -0.1) is 0 Å².